The summed E-state index contributed by atoms with van der Waals surface area (Å²) in [4.78, 5) is 0. The Hall–Kier alpha value is -1.34. The molecule has 0 aliphatic rings. The van der Waals surface area contributed by atoms with Gasteiger partial charge in [-0.3, -0.25) is 0 Å². The molecule has 0 aliphatic carbocycles. The van der Waals surface area contributed by atoms with Gasteiger partial charge in [0, 0.05) is 9.52 Å². The van der Waals surface area contributed by atoms with Gasteiger partial charge in [-0.1, -0.05) is 61.9 Å². The van der Waals surface area contributed by atoms with Gasteiger partial charge in [-0.15, -0.1) is 0 Å². The summed E-state index contributed by atoms with van der Waals surface area (Å²) in [5, 5.41) is 0. The van der Waals surface area contributed by atoms with Gasteiger partial charge in [-0.05, 0) is 47.7 Å². The van der Waals surface area contributed by atoms with Crippen molar-refractivity contribution in [2.24, 2.45) is 0 Å². The molecule has 0 aromatic heterocycles. The maximum Gasteiger partial charge on any atom is 0.0285 e. The van der Waals surface area contributed by atoms with E-state index in [9.17, 15) is 0 Å². The van der Waals surface area contributed by atoms with Crippen LogP contribution in [0, 0.1) is 13.0 Å². The van der Waals surface area contributed by atoms with Crippen LogP contribution >= 0.6 is 0 Å². The van der Waals surface area contributed by atoms with Crippen LogP contribution in [0.3, 0.4) is 0 Å². The van der Waals surface area contributed by atoms with Crippen LogP contribution in [0.1, 0.15) is 30.0 Å². The molecule has 0 spiro atoms. The lowest BCUT2D eigenvalue weighted by Crippen LogP contribution is -2.10. The molecular weight excluding hydrogens is 244 g/mol. The molecule has 0 saturated carbocycles. The Kier molecular flexibility index (Phi) is 5.40. The van der Waals surface area contributed by atoms with Crippen molar-refractivity contribution in [3.05, 3.63) is 71.3 Å². The highest BCUT2D eigenvalue weighted by Crippen LogP contribution is 2.18. The second-order valence-electron chi connectivity index (χ2n) is 5.33. The van der Waals surface area contributed by atoms with Crippen molar-refractivity contribution in [2.75, 3.05) is 0 Å². The molecule has 0 heterocycles. The lowest BCUT2D eigenvalue weighted by Gasteiger charge is -2.15. The molecule has 0 bridgehead atoms. The topological polar surface area (TPSA) is 0 Å². The van der Waals surface area contributed by atoms with E-state index in [1.807, 2.05) is 0 Å². The first kappa shape index (κ1) is 14.1. The summed E-state index contributed by atoms with van der Waals surface area (Å²) in [6, 6.07) is 22.0. The number of aryl methyl sites for hydroxylation is 1. The zero-order valence-corrected chi connectivity index (χ0v) is 13.4. The van der Waals surface area contributed by atoms with E-state index in [0.717, 1.165) is 5.54 Å². The van der Waals surface area contributed by atoms with Crippen molar-refractivity contribution in [1.82, 2.24) is 0 Å². The van der Waals surface area contributed by atoms with E-state index < -0.39 is 0 Å². The molecule has 99 valence electrons. The maximum atomic E-state index is 3.41. The van der Waals surface area contributed by atoms with Crippen LogP contribution in [0.15, 0.2) is 48.5 Å². The Morgan fingerprint density at radius 1 is 1.11 bits per heavy atom. The Bertz CT molecular complexity index is 490. The summed E-state index contributed by atoms with van der Waals surface area (Å²) in [5.74, 6) is 0. The molecule has 2 rings (SSSR count). The van der Waals surface area contributed by atoms with E-state index in [1.54, 1.807) is 0 Å². The van der Waals surface area contributed by atoms with Gasteiger partial charge in [0.2, 0.25) is 0 Å². The largest absolute Gasteiger partial charge is 0.0654 e. The van der Waals surface area contributed by atoms with Crippen molar-refractivity contribution in [3.8, 4) is 0 Å². The smallest absolute Gasteiger partial charge is 0.0285 e. The zero-order valence-electron chi connectivity index (χ0n) is 12.0. The second kappa shape index (κ2) is 7.30. The Morgan fingerprint density at radius 2 is 1.89 bits per heavy atom. The van der Waals surface area contributed by atoms with Crippen LogP contribution in [0.5, 0.6) is 0 Å². The summed E-state index contributed by atoms with van der Waals surface area (Å²) >= 11 is 0. The monoisotopic (exact) mass is 267 g/mol. The minimum atomic E-state index is -0.0695. The molecule has 0 fully saturated rings. The van der Waals surface area contributed by atoms with Crippen LogP contribution in [0.2, 0.25) is 5.54 Å². The molecule has 1 heteroatoms. The first-order valence-electron chi connectivity index (χ1n) is 7.29. The Labute approximate surface area is 119 Å². The number of hydrogen-bond donors (Lipinski definition) is 0. The summed E-state index contributed by atoms with van der Waals surface area (Å²) in [5.41, 5.74) is 5.26. The molecule has 0 nitrogen and oxygen atoms in total. The molecule has 2 aromatic carbocycles. The SMILES string of the molecule is CCC(Cc1ccccc1)[SiH2]Cc1[c]cccc1C. The second-order valence-corrected chi connectivity index (χ2v) is 7.57. The van der Waals surface area contributed by atoms with E-state index in [2.05, 4.69) is 68.4 Å². The molecule has 1 radical (unpaired) electrons. The van der Waals surface area contributed by atoms with E-state index in [-0.39, 0.29) is 9.52 Å². The average molecular weight is 267 g/mol. The van der Waals surface area contributed by atoms with Gasteiger partial charge < -0.3 is 0 Å². The summed E-state index contributed by atoms with van der Waals surface area (Å²) < 4.78 is 0. The minimum absolute atomic E-state index is 0.0695. The third-order valence-corrected chi connectivity index (χ3v) is 6.39. The van der Waals surface area contributed by atoms with Gasteiger partial charge in [0.05, 0.1) is 0 Å². The Balaban J connectivity index is 1.91. The lowest BCUT2D eigenvalue weighted by molar-refractivity contribution is 0.778. The van der Waals surface area contributed by atoms with Gasteiger partial charge in [0.25, 0.3) is 0 Å². The summed E-state index contributed by atoms with van der Waals surface area (Å²) in [7, 11) is -0.0695. The molecule has 19 heavy (non-hydrogen) atoms. The zero-order chi connectivity index (χ0) is 13.5. The molecule has 1 unspecified atom stereocenters. The van der Waals surface area contributed by atoms with E-state index in [4.69, 9.17) is 0 Å². The standard InChI is InChI=1S/C18H23Si/c1-3-18(13-16-10-5-4-6-11-16)19-14-17-12-8-7-9-15(17)2/h4-11,18H,3,13-14,19H2,1-2H3. The van der Waals surface area contributed by atoms with Crippen molar-refractivity contribution in [2.45, 2.75) is 38.3 Å². The summed E-state index contributed by atoms with van der Waals surface area (Å²) in [6.45, 7) is 4.54. The third-order valence-electron chi connectivity index (χ3n) is 3.92. The first-order chi connectivity index (χ1) is 9.29. The van der Waals surface area contributed by atoms with Crippen molar-refractivity contribution < 1.29 is 0 Å². The highest BCUT2D eigenvalue weighted by atomic mass is 28.2. The van der Waals surface area contributed by atoms with Gasteiger partial charge in [0.15, 0.2) is 0 Å². The molecule has 2 aromatic rings. The minimum Gasteiger partial charge on any atom is -0.0654 e. The highest BCUT2D eigenvalue weighted by Gasteiger charge is 2.09. The van der Waals surface area contributed by atoms with Crippen molar-refractivity contribution in [1.29, 1.82) is 0 Å². The number of hydrogen-bond acceptors (Lipinski definition) is 0. The average Bonchev–Trinajstić information content (AvgIpc) is 2.46. The van der Waals surface area contributed by atoms with Crippen molar-refractivity contribution in [3.63, 3.8) is 0 Å². The molecule has 1 atom stereocenters. The number of benzene rings is 2. The van der Waals surface area contributed by atoms with Gasteiger partial charge in [-0.2, -0.15) is 0 Å². The Morgan fingerprint density at radius 3 is 2.58 bits per heavy atom. The van der Waals surface area contributed by atoms with Crippen LogP contribution in [0.25, 0.3) is 0 Å². The van der Waals surface area contributed by atoms with E-state index in [1.165, 1.54) is 35.6 Å². The normalized spacial score (nSPS) is 12.9. The first-order valence-corrected chi connectivity index (χ1v) is 9.11. The van der Waals surface area contributed by atoms with Crippen molar-refractivity contribution >= 4 is 9.52 Å². The van der Waals surface area contributed by atoms with Gasteiger partial charge in [0.1, 0.15) is 0 Å². The quantitative estimate of drug-likeness (QED) is 0.696. The fourth-order valence-electron chi connectivity index (χ4n) is 2.57. The van der Waals surface area contributed by atoms with Gasteiger partial charge in [-0.25, -0.2) is 0 Å². The number of rotatable bonds is 6. The lowest BCUT2D eigenvalue weighted by atomic mass is 10.1. The fraction of sp³-hybridized carbons (Fsp3) is 0.333. The van der Waals surface area contributed by atoms with Crippen LogP contribution < -0.4 is 0 Å². The molecule has 0 N–H and O–H groups in total. The predicted octanol–water partition coefficient (Wildman–Crippen LogP) is 3.91. The highest BCUT2D eigenvalue weighted by molar-refractivity contribution is 6.37. The van der Waals surface area contributed by atoms with E-state index >= 15 is 0 Å². The van der Waals surface area contributed by atoms with Gasteiger partial charge >= 0.3 is 0 Å². The maximum absolute atomic E-state index is 3.41. The molecular formula is C18H23Si. The fourth-order valence-corrected chi connectivity index (χ4v) is 4.75. The molecule has 0 saturated heterocycles. The predicted molar refractivity (Wildman–Crippen MR) is 86.5 cm³/mol. The molecule has 0 amide bonds. The van der Waals surface area contributed by atoms with E-state index in [0.29, 0.717) is 0 Å². The summed E-state index contributed by atoms with van der Waals surface area (Å²) in [6.07, 6.45) is 2.57. The van der Waals surface area contributed by atoms with Crippen LogP contribution in [-0.2, 0) is 12.5 Å². The van der Waals surface area contributed by atoms with Crippen LogP contribution in [-0.4, -0.2) is 9.52 Å². The third kappa shape index (κ3) is 4.36. The van der Waals surface area contributed by atoms with Crippen LogP contribution in [0.4, 0.5) is 0 Å². The molecule has 0 aliphatic heterocycles.